The van der Waals surface area contributed by atoms with E-state index in [1.165, 1.54) is 30.3 Å². The molecule has 0 aliphatic carbocycles. The second kappa shape index (κ2) is 7.77. The number of rotatable bonds is 4. The van der Waals surface area contributed by atoms with Crippen molar-refractivity contribution < 1.29 is 22.7 Å². The summed E-state index contributed by atoms with van der Waals surface area (Å²) in [5.41, 5.74) is 6.63. The Morgan fingerprint density at radius 2 is 1.68 bits per heavy atom. The molecule has 3 N–H and O–H groups in total. The minimum absolute atomic E-state index is 0.0628. The molecule has 1 amide bonds. The summed E-state index contributed by atoms with van der Waals surface area (Å²) in [6.07, 6.45) is -4.84. The summed E-state index contributed by atoms with van der Waals surface area (Å²) in [4.78, 5) is 16.3. The van der Waals surface area contributed by atoms with Crippen molar-refractivity contribution in [3.8, 4) is 16.9 Å². The van der Waals surface area contributed by atoms with E-state index in [9.17, 15) is 18.0 Å². The van der Waals surface area contributed by atoms with Crippen LogP contribution in [-0.4, -0.2) is 17.3 Å². The largest absolute Gasteiger partial charge is 0.573 e. The molecule has 5 nitrogen and oxygen atoms in total. The molecular formula is C19H13ClF3N3O2. The maximum atomic E-state index is 12.6. The van der Waals surface area contributed by atoms with E-state index in [1.807, 2.05) is 0 Å². The molecule has 0 bridgehead atoms. The third-order valence-corrected chi connectivity index (χ3v) is 3.93. The molecule has 0 fully saturated rings. The number of amides is 1. The van der Waals surface area contributed by atoms with E-state index in [0.717, 1.165) is 0 Å². The van der Waals surface area contributed by atoms with Crippen LogP contribution in [0.3, 0.4) is 0 Å². The molecule has 2 aromatic carbocycles. The first-order valence-corrected chi connectivity index (χ1v) is 8.29. The number of pyridine rings is 1. The lowest BCUT2D eigenvalue weighted by Crippen LogP contribution is -2.17. The van der Waals surface area contributed by atoms with Crippen LogP contribution in [-0.2, 0) is 0 Å². The van der Waals surface area contributed by atoms with E-state index in [0.29, 0.717) is 10.6 Å². The fraction of sp³-hybridized carbons (Fsp3) is 0.0526. The Morgan fingerprint density at radius 1 is 1.00 bits per heavy atom. The molecule has 9 heteroatoms. The van der Waals surface area contributed by atoms with Crippen molar-refractivity contribution in [3.63, 3.8) is 0 Å². The zero-order chi connectivity index (χ0) is 20.3. The van der Waals surface area contributed by atoms with E-state index >= 15 is 0 Å². The Bertz CT molecular complexity index is 1010. The summed E-state index contributed by atoms with van der Waals surface area (Å²) in [5.74, 6) is -0.749. The molecule has 0 radical (unpaired) electrons. The number of para-hydroxylation sites is 1. The van der Waals surface area contributed by atoms with Gasteiger partial charge in [-0.2, -0.15) is 0 Å². The maximum Gasteiger partial charge on any atom is 0.573 e. The molecule has 144 valence electrons. The average molecular weight is 408 g/mol. The van der Waals surface area contributed by atoms with Crippen molar-refractivity contribution in [2.75, 3.05) is 11.1 Å². The van der Waals surface area contributed by atoms with Gasteiger partial charge in [0, 0.05) is 21.7 Å². The molecule has 3 aromatic rings. The van der Waals surface area contributed by atoms with Gasteiger partial charge in [-0.25, -0.2) is 4.98 Å². The number of anilines is 2. The number of hydrogen-bond acceptors (Lipinski definition) is 4. The number of ether oxygens (including phenoxy) is 1. The molecule has 0 spiro atoms. The lowest BCUT2D eigenvalue weighted by molar-refractivity contribution is -0.274. The van der Waals surface area contributed by atoms with Crippen LogP contribution in [0, 0.1) is 0 Å². The molecule has 0 aliphatic rings. The number of carbonyl (C=O) groups excluding carboxylic acids is 1. The topological polar surface area (TPSA) is 77.2 Å². The molecule has 1 heterocycles. The van der Waals surface area contributed by atoms with Crippen LogP contribution in [0.5, 0.6) is 5.75 Å². The molecule has 3 rings (SSSR count). The summed E-state index contributed by atoms with van der Waals surface area (Å²) >= 11 is 5.78. The second-order valence-electron chi connectivity index (χ2n) is 5.63. The van der Waals surface area contributed by atoms with Crippen LogP contribution >= 0.6 is 11.6 Å². The van der Waals surface area contributed by atoms with Crippen LogP contribution in [0.25, 0.3) is 11.1 Å². The maximum absolute atomic E-state index is 12.6. The van der Waals surface area contributed by atoms with Gasteiger partial charge in [0.15, 0.2) is 0 Å². The smallest absolute Gasteiger partial charge is 0.405 e. The summed E-state index contributed by atoms with van der Waals surface area (Å²) in [6.45, 7) is 0. The van der Waals surface area contributed by atoms with Gasteiger partial charge in [0.2, 0.25) is 0 Å². The molecule has 0 aliphatic heterocycles. The van der Waals surface area contributed by atoms with Crippen molar-refractivity contribution in [2.45, 2.75) is 6.36 Å². The van der Waals surface area contributed by atoms with Crippen LogP contribution in [0.1, 0.15) is 10.4 Å². The normalized spacial score (nSPS) is 11.1. The number of aromatic nitrogens is 1. The third-order valence-electron chi connectivity index (χ3n) is 3.68. The van der Waals surface area contributed by atoms with Gasteiger partial charge in [-0.15, -0.1) is 13.2 Å². The standard InChI is InChI=1S/C19H13ClF3N3O2/c20-12-7-5-11(6-8-12)18(27)26-16-10-9-14(17(24)25-16)13-3-1-2-4-15(13)28-19(21,22)23/h1-10H,(H3,24,25,26,27). The summed E-state index contributed by atoms with van der Waals surface area (Å²) < 4.78 is 41.9. The van der Waals surface area contributed by atoms with Crippen molar-refractivity contribution in [1.29, 1.82) is 0 Å². The van der Waals surface area contributed by atoms with Crippen LogP contribution in [0.15, 0.2) is 60.7 Å². The number of nitrogens with two attached hydrogens (primary N) is 1. The Morgan fingerprint density at radius 3 is 2.32 bits per heavy atom. The van der Waals surface area contributed by atoms with E-state index in [2.05, 4.69) is 15.0 Å². The fourth-order valence-electron chi connectivity index (χ4n) is 2.46. The number of alkyl halides is 3. The minimum Gasteiger partial charge on any atom is -0.405 e. The number of nitrogens with zero attached hydrogens (tertiary/aromatic N) is 1. The van der Waals surface area contributed by atoms with Crippen molar-refractivity contribution >= 4 is 29.1 Å². The first-order valence-electron chi connectivity index (χ1n) is 7.91. The van der Waals surface area contributed by atoms with Crippen molar-refractivity contribution in [1.82, 2.24) is 4.98 Å². The monoisotopic (exact) mass is 407 g/mol. The van der Waals surface area contributed by atoms with Gasteiger partial charge in [-0.05, 0) is 42.5 Å². The SMILES string of the molecule is Nc1nc(NC(=O)c2ccc(Cl)cc2)ccc1-c1ccccc1OC(F)(F)F. The van der Waals surface area contributed by atoms with Crippen LogP contribution in [0.2, 0.25) is 5.02 Å². The first kappa shape index (κ1) is 19.5. The number of halogens is 4. The number of hydrogen-bond donors (Lipinski definition) is 2. The lowest BCUT2D eigenvalue weighted by Gasteiger charge is -2.14. The van der Waals surface area contributed by atoms with Gasteiger partial charge in [0.05, 0.1) is 0 Å². The first-order chi connectivity index (χ1) is 13.2. The van der Waals surface area contributed by atoms with Crippen LogP contribution in [0.4, 0.5) is 24.8 Å². The van der Waals surface area contributed by atoms with E-state index < -0.39 is 18.0 Å². The number of carbonyl (C=O) groups is 1. The fourth-order valence-corrected chi connectivity index (χ4v) is 2.59. The predicted molar refractivity (Wildman–Crippen MR) is 100 cm³/mol. The predicted octanol–water partition coefficient (Wildman–Crippen LogP) is 5.14. The Kier molecular flexibility index (Phi) is 5.41. The lowest BCUT2D eigenvalue weighted by atomic mass is 10.1. The zero-order valence-electron chi connectivity index (χ0n) is 14.1. The Balaban J connectivity index is 1.85. The van der Waals surface area contributed by atoms with Crippen LogP contribution < -0.4 is 15.8 Å². The van der Waals surface area contributed by atoms with E-state index in [4.69, 9.17) is 17.3 Å². The summed E-state index contributed by atoms with van der Waals surface area (Å²) in [7, 11) is 0. The summed E-state index contributed by atoms with van der Waals surface area (Å²) in [6, 6.07) is 14.7. The quantitative estimate of drug-likeness (QED) is 0.628. The second-order valence-corrected chi connectivity index (χ2v) is 6.07. The zero-order valence-corrected chi connectivity index (χ0v) is 14.9. The Labute approximate surface area is 162 Å². The average Bonchev–Trinajstić information content (AvgIpc) is 2.62. The molecule has 0 unspecified atom stereocenters. The molecule has 0 saturated carbocycles. The van der Waals surface area contributed by atoms with E-state index in [1.54, 1.807) is 30.3 Å². The van der Waals surface area contributed by atoms with Crippen molar-refractivity contribution in [2.24, 2.45) is 0 Å². The molecule has 28 heavy (non-hydrogen) atoms. The van der Waals surface area contributed by atoms with Gasteiger partial charge in [0.25, 0.3) is 5.91 Å². The number of benzene rings is 2. The summed E-state index contributed by atoms with van der Waals surface area (Å²) in [5, 5.41) is 3.05. The van der Waals surface area contributed by atoms with Gasteiger partial charge >= 0.3 is 6.36 Å². The van der Waals surface area contributed by atoms with Gasteiger partial charge in [-0.3, -0.25) is 4.79 Å². The highest BCUT2D eigenvalue weighted by Gasteiger charge is 2.32. The highest BCUT2D eigenvalue weighted by molar-refractivity contribution is 6.30. The Hall–Kier alpha value is -3.26. The van der Waals surface area contributed by atoms with Gasteiger partial charge in [-0.1, -0.05) is 29.8 Å². The van der Waals surface area contributed by atoms with E-state index in [-0.39, 0.29) is 22.8 Å². The molecule has 0 saturated heterocycles. The van der Waals surface area contributed by atoms with Gasteiger partial charge < -0.3 is 15.8 Å². The molecular weight excluding hydrogens is 395 g/mol. The minimum atomic E-state index is -4.84. The molecule has 1 aromatic heterocycles. The molecule has 0 atom stereocenters. The number of nitrogens with one attached hydrogen (secondary N) is 1. The highest BCUT2D eigenvalue weighted by atomic mass is 35.5. The van der Waals surface area contributed by atoms with Crippen molar-refractivity contribution in [3.05, 3.63) is 71.2 Å². The highest BCUT2D eigenvalue weighted by Crippen LogP contribution is 2.36. The van der Waals surface area contributed by atoms with Gasteiger partial charge in [0.1, 0.15) is 17.4 Å². The number of nitrogen functional groups attached to an aromatic ring is 1. The third kappa shape index (κ3) is 4.72.